The number of carbonyl (C=O) groups excluding carboxylic acids is 2. The predicted molar refractivity (Wildman–Crippen MR) is 128 cm³/mol. The Bertz CT molecular complexity index is 456. The highest BCUT2D eigenvalue weighted by atomic mass is 32.4. The zero-order valence-corrected chi connectivity index (χ0v) is 24.2. The minimum atomic E-state index is -2.03. The lowest BCUT2D eigenvalue weighted by atomic mass is 10.3. The first kappa shape index (κ1) is 26.5. The standard InChI is InChI=1S/C16H38O4S2Si4/c1-23(2,3)19-15(17)13(21-25(7,8)9)14(22-26(10,11)12)16(18)20-24(4,5)6/h13-14H,1-12H3. The molecule has 0 aromatic carbocycles. The van der Waals surface area contributed by atoms with E-state index in [-0.39, 0.29) is 11.9 Å². The molecule has 0 saturated heterocycles. The van der Waals surface area contributed by atoms with Crippen LogP contribution in [0.2, 0.25) is 78.6 Å². The second kappa shape index (κ2) is 9.34. The average Bonchev–Trinajstić information content (AvgIpc) is 2.26. The fourth-order valence-corrected chi connectivity index (χ4v) is 12.8. The molecule has 0 aromatic heterocycles. The van der Waals surface area contributed by atoms with Gasteiger partial charge in [0.05, 0.1) is 0 Å². The molecule has 0 aliphatic rings. The van der Waals surface area contributed by atoms with Crippen molar-refractivity contribution in [3.05, 3.63) is 0 Å². The number of rotatable bonds is 9. The molecule has 0 spiro atoms. The molecular formula is C16H38O4S2Si4. The van der Waals surface area contributed by atoms with Crippen LogP contribution < -0.4 is 0 Å². The fraction of sp³-hybridized carbons (Fsp3) is 0.875. The maximum Gasteiger partial charge on any atom is 0.306 e. The Morgan fingerprint density at radius 3 is 0.962 bits per heavy atom. The van der Waals surface area contributed by atoms with Crippen LogP contribution in [0.5, 0.6) is 0 Å². The molecule has 0 N–H and O–H groups in total. The van der Waals surface area contributed by atoms with Gasteiger partial charge in [-0.25, -0.2) is 0 Å². The van der Waals surface area contributed by atoms with Gasteiger partial charge in [-0.15, -0.1) is 0 Å². The van der Waals surface area contributed by atoms with Gasteiger partial charge in [0.25, 0.3) is 0 Å². The molecule has 2 atom stereocenters. The van der Waals surface area contributed by atoms with Gasteiger partial charge in [0, 0.05) is 0 Å². The molecule has 4 nitrogen and oxygen atoms in total. The molecule has 10 heteroatoms. The fourth-order valence-electron chi connectivity index (χ4n) is 1.95. The van der Waals surface area contributed by atoms with Gasteiger partial charge in [-0.05, 0) is 39.3 Å². The summed E-state index contributed by atoms with van der Waals surface area (Å²) in [6, 6.07) is 0. The quantitative estimate of drug-likeness (QED) is 0.408. The molecular weight excluding hydrogens is 433 g/mol. The number of carbonyl (C=O) groups is 2. The monoisotopic (exact) mass is 470 g/mol. The molecule has 0 saturated carbocycles. The Morgan fingerprint density at radius 1 is 0.577 bits per heavy atom. The molecule has 0 amide bonds. The lowest BCUT2D eigenvalue weighted by molar-refractivity contribution is -0.140. The maximum atomic E-state index is 13.1. The number of hydrogen-bond acceptors (Lipinski definition) is 6. The largest absolute Gasteiger partial charge is 0.519 e. The summed E-state index contributed by atoms with van der Waals surface area (Å²) < 4.78 is 11.7. The molecule has 0 aliphatic carbocycles. The van der Waals surface area contributed by atoms with Gasteiger partial charge in [0.1, 0.15) is 24.9 Å². The van der Waals surface area contributed by atoms with Crippen LogP contribution in [0.1, 0.15) is 0 Å². The smallest absolute Gasteiger partial charge is 0.306 e. The van der Waals surface area contributed by atoms with Crippen molar-refractivity contribution < 1.29 is 18.4 Å². The first-order valence-electron chi connectivity index (χ1n) is 9.02. The highest BCUT2D eigenvalue weighted by Crippen LogP contribution is 2.38. The molecule has 0 radical (unpaired) electrons. The lowest BCUT2D eigenvalue weighted by Gasteiger charge is -2.34. The van der Waals surface area contributed by atoms with E-state index >= 15 is 0 Å². The molecule has 2 unspecified atom stereocenters. The van der Waals surface area contributed by atoms with Crippen molar-refractivity contribution in [2.45, 2.75) is 89.1 Å². The van der Waals surface area contributed by atoms with Crippen LogP contribution in [0.3, 0.4) is 0 Å². The van der Waals surface area contributed by atoms with Gasteiger partial charge < -0.3 is 8.85 Å². The predicted octanol–water partition coefficient (Wildman–Crippen LogP) is 5.62. The maximum absolute atomic E-state index is 13.1. The molecule has 0 rings (SSSR count). The summed E-state index contributed by atoms with van der Waals surface area (Å²) >= 11 is 3.31. The van der Waals surface area contributed by atoms with Crippen molar-refractivity contribution in [3.63, 3.8) is 0 Å². The minimum absolute atomic E-state index is 0.236. The molecule has 0 fully saturated rings. The van der Waals surface area contributed by atoms with Crippen molar-refractivity contribution in [2.24, 2.45) is 0 Å². The first-order chi connectivity index (χ1) is 11.2. The second-order valence-corrected chi connectivity index (χ2v) is 37.9. The van der Waals surface area contributed by atoms with Gasteiger partial charge in [-0.2, -0.15) is 22.4 Å². The van der Waals surface area contributed by atoms with Crippen LogP contribution in [0.25, 0.3) is 0 Å². The SMILES string of the molecule is C[Si](C)(C)OC(=O)C(S[Si](C)(C)C)C(S[Si](C)(C)C)C(=O)O[Si](C)(C)C. The molecule has 0 aromatic rings. The first-order valence-corrected chi connectivity index (χ1v) is 26.0. The normalized spacial score (nSPS) is 16.0. The Labute approximate surface area is 172 Å². The third-order valence-electron chi connectivity index (χ3n) is 2.51. The van der Waals surface area contributed by atoms with E-state index in [1.807, 2.05) is 39.3 Å². The molecule has 154 valence electrons. The van der Waals surface area contributed by atoms with Gasteiger partial charge >= 0.3 is 11.9 Å². The van der Waals surface area contributed by atoms with Gasteiger partial charge in [-0.3, -0.25) is 9.59 Å². The molecule has 0 bridgehead atoms. The van der Waals surface area contributed by atoms with Gasteiger partial charge in [-0.1, -0.05) is 39.3 Å². The van der Waals surface area contributed by atoms with Crippen molar-refractivity contribution >= 4 is 65.4 Å². The summed E-state index contributed by atoms with van der Waals surface area (Å²) in [5.41, 5.74) is 0. The third-order valence-corrected chi connectivity index (χ3v) is 12.9. The second-order valence-electron chi connectivity index (χ2n) is 10.4. The zero-order valence-electron chi connectivity index (χ0n) is 18.6. The van der Waals surface area contributed by atoms with Crippen LogP contribution in [0, 0.1) is 0 Å². The highest BCUT2D eigenvalue weighted by Gasteiger charge is 2.44. The summed E-state index contributed by atoms with van der Waals surface area (Å²) in [5.74, 6) is -0.472. The van der Waals surface area contributed by atoms with Gasteiger partial charge in [0.2, 0.25) is 16.6 Å². The molecule has 26 heavy (non-hydrogen) atoms. The van der Waals surface area contributed by atoms with Crippen LogP contribution in [-0.4, -0.2) is 53.5 Å². The number of hydrogen-bond donors (Lipinski definition) is 0. The average molecular weight is 471 g/mol. The Kier molecular flexibility index (Phi) is 9.52. The van der Waals surface area contributed by atoms with Crippen LogP contribution in [0.15, 0.2) is 0 Å². The van der Waals surface area contributed by atoms with E-state index in [2.05, 4.69) is 39.3 Å². The van der Waals surface area contributed by atoms with Crippen molar-refractivity contribution in [2.75, 3.05) is 0 Å². The van der Waals surface area contributed by atoms with Crippen molar-refractivity contribution in [1.29, 1.82) is 0 Å². The van der Waals surface area contributed by atoms with E-state index in [9.17, 15) is 9.59 Å². The van der Waals surface area contributed by atoms with E-state index in [4.69, 9.17) is 8.85 Å². The van der Waals surface area contributed by atoms with E-state index in [0.717, 1.165) is 0 Å². The highest BCUT2D eigenvalue weighted by molar-refractivity contribution is 8.32. The summed E-state index contributed by atoms with van der Waals surface area (Å²) in [5, 5.41) is -0.983. The van der Waals surface area contributed by atoms with E-state index in [1.54, 1.807) is 22.4 Å². The molecule has 0 aliphatic heterocycles. The van der Waals surface area contributed by atoms with Crippen molar-refractivity contribution in [3.8, 4) is 0 Å². The van der Waals surface area contributed by atoms with Gasteiger partial charge in [0.15, 0.2) is 0 Å². The van der Waals surface area contributed by atoms with E-state index < -0.39 is 41.6 Å². The lowest BCUT2D eigenvalue weighted by Crippen LogP contribution is -2.47. The van der Waals surface area contributed by atoms with E-state index in [0.29, 0.717) is 0 Å². The Hall–Kier alpha value is 0.508. The summed E-state index contributed by atoms with van der Waals surface area (Å²) in [7, 11) is -7.40. The minimum Gasteiger partial charge on any atom is -0.519 e. The third kappa shape index (κ3) is 12.8. The summed E-state index contributed by atoms with van der Waals surface area (Å²) in [6.07, 6.45) is 0. The van der Waals surface area contributed by atoms with E-state index in [1.165, 1.54) is 0 Å². The summed E-state index contributed by atoms with van der Waals surface area (Å²) in [4.78, 5) is 26.1. The Balaban J connectivity index is 5.89. The Morgan fingerprint density at radius 2 is 0.808 bits per heavy atom. The van der Waals surface area contributed by atoms with Crippen LogP contribution >= 0.6 is 22.4 Å². The van der Waals surface area contributed by atoms with Crippen LogP contribution in [-0.2, 0) is 18.4 Å². The van der Waals surface area contributed by atoms with Crippen LogP contribution in [0.4, 0.5) is 0 Å². The van der Waals surface area contributed by atoms with Crippen molar-refractivity contribution in [1.82, 2.24) is 0 Å². The summed E-state index contributed by atoms with van der Waals surface area (Å²) in [6.45, 7) is 25.2. The zero-order chi connectivity index (χ0) is 21.1. The molecule has 0 heterocycles. The topological polar surface area (TPSA) is 52.6 Å².